The zero-order chi connectivity index (χ0) is 24.8. The van der Waals surface area contributed by atoms with Crippen molar-refractivity contribution in [3.05, 3.63) is 58.9 Å². The fourth-order valence-electron chi connectivity index (χ4n) is 4.35. The number of nitriles is 1. The van der Waals surface area contributed by atoms with Crippen molar-refractivity contribution in [2.45, 2.75) is 45.7 Å². The predicted octanol–water partition coefficient (Wildman–Crippen LogP) is 2.82. The van der Waals surface area contributed by atoms with Crippen LogP contribution in [0.15, 0.2) is 36.4 Å². The molecular weight excluding hydrogens is 446 g/mol. The van der Waals surface area contributed by atoms with Gasteiger partial charge < -0.3 is 10.1 Å². The van der Waals surface area contributed by atoms with Gasteiger partial charge in [0.1, 0.15) is 5.69 Å². The van der Waals surface area contributed by atoms with Crippen LogP contribution in [0, 0.1) is 30.1 Å². The highest BCUT2D eigenvalue weighted by Gasteiger charge is 2.27. The van der Waals surface area contributed by atoms with Crippen LogP contribution in [0.3, 0.4) is 0 Å². The normalized spacial score (nSPS) is 17.4. The highest BCUT2D eigenvalue weighted by Crippen LogP contribution is 2.30. The van der Waals surface area contributed by atoms with Crippen molar-refractivity contribution in [3.8, 4) is 17.5 Å². The Morgan fingerprint density at radius 2 is 2.00 bits per heavy atom. The molecule has 0 atom stereocenters. The van der Waals surface area contributed by atoms with Gasteiger partial charge in [-0.2, -0.15) is 10.1 Å². The predicted molar refractivity (Wildman–Crippen MR) is 126 cm³/mol. The van der Waals surface area contributed by atoms with Crippen molar-refractivity contribution in [3.63, 3.8) is 0 Å². The van der Waals surface area contributed by atoms with E-state index >= 15 is 0 Å². The number of nitrogens with zero attached hydrogens (tertiary/aromatic N) is 6. The summed E-state index contributed by atoms with van der Waals surface area (Å²) in [5.74, 6) is 0.322. The van der Waals surface area contributed by atoms with Gasteiger partial charge in [-0.1, -0.05) is 12.1 Å². The van der Waals surface area contributed by atoms with E-state index in [0.29, 0.717) is 35.1 Å². The van der Waals surface area contributed by atoms with E-state index in [0.717, 1.165) is 31.2 Å². The number of hydrogen-bond donors (Lipinski definition) is 1. The number of amides is 1. The molecule has 0 spiro atoms. The second kappa shape index (κ2) is 10.9. The first-order valence-corrected chi connectivity index (χ1v) is 11.6. The molecule has 0 aliphatic heterocycles. The van der Waals surface area contributed by atoms with E-state index in [9.17, 15) is 9.59 Å². The zero-order valence-electron chi connectivity index (χ0n) is 19.8. The number of carbonyl (C=O) groups excluding carboxylic acids is 2. The van der Waals surface area contributed by atoms with E-state index in [2.05, 4.69) is 31.8 Å². The summed E-state index contributed by atoms with van der Waals surface area (Å²) in [7, 11) is 1.43. The molecule has 0 unspecified atom stereocenters. The molecule has 35 heavy (non-hydrogen) atoms. The van der Waals surface area contributed by atoms with E-state index in [1.54, 1.807) is 36.0 Å². The molecule has 1 fully saturated rings. The number of tetrazole rings is 1. The minimum absolute atomic E-state index is 0.0184. The number of methoxy groups -OCH3 is 1. The number of hydrogen-bond acceptors (Lipinski definition) is 8. The number of aromatic nitrogens is 5. The Morgan fingerprint density at radius 1 is 1.20 bits per heavy atom. The third kappa shape index (κ3) is 6.06. The first-order chi connectivity index (χ1) is 16.9. The lowest BCUT2D eigenvalue weighted by molar-refractivity contribution is -0.146. The fourth-order valence-corrected chi connectivity index (χ4v) is 4.35. The number of rotatable bonds is 7. The fraction of sp³-hybridized carbons (Fsp3) is 0.400. The van der Waals surface area contributed by atoms with Crippen molar-refractivity contribution in [1.82, 2.24) is 30.5 Å². The highest BCUT2D eigenvalue weighted by molar-refractivity contribution is 5.93. The largest absolute Gasteiger partial charge is 0.469 e. The molecule has 0 bridgehead atoms. The summed E-state index contributed by atoms with van der Waals surface area (Å²) in [5.41, 5.74) is 2.95. The summed E-state index contributed by atoms with van der Waals surface area (Å²) in [6.45, 7) is 2.72. The smallest absolute Gasteiger partial charge is 0.308 e. The Bertz CT molecular complexity index is 1260. The third-order valence-electron chi connectivity index (χ3n) is 6.21. The Hall–Kier alpha value is -4.13. The van der Waals surface area contributed by atoms with E-state index in [1.807, 2.05) is 12.1 Å². The van der Waals surface area contributed by atoms with Crippen molar-refractivity contribution in [2.75, 3.05) is 7.11 Å². The van der Waals surface area contributed by atoms with Crippen LogP contribution in [0.1, 0.15) is 53.0 Å². The molecule has 10 nitrogen and oxygen atoms in total. The summed E-state index contributed by atoms with van der Waals surface area (Å²) in [5, 5.41) is 24.8. The molecule has 0 radical (unpaired) electrons. The highest BCUT2D eigenvalue weighted by atomic mass is 16.5. The Kier molecular flexibility index (Phi) is 7.45. The van der Waals surface area contributed by atoms with Crippen molar-refractivity contribution in [2.24, 2.45) is 11.8 Å². The molecule has 1 aliphatic rings. The summed E-state index contributed by atoms with van der Waals surface area (Å²) in [6.07, 6.45) is 3.43. The lowest BCUT2D eigenvalue weighted by Gasteiger charge is -2.26. The molecule has 10 heteroatoms. The molecule has 2 aromatic heterocycles. The number of benzene rings is 1. The number of ether oxygens (including phenoxy) is 1. The Balaban J connectivity index is 1.39. The Labute approximate surface area is 203 Å². The number of aryl methyl sites for hydroxylation is 1. The van der Waals surface area contributed by atoms with Crippen LogP contribution in [-0.2, 0) is 22.6 Å². The molecular formula is C25H27N7O3. The molecule has 4 rings (SSSR count). The van der Waals surface area contributed by atoms with Crippen molar-refractivity contribution >= 4 is 11.9 Å². The van der Waals surface area contributed by atoms with Gasteiger partial charge in [0, 0.05) is 17.8 Å². The van der Waals surface area contributed by atoms with Crippen LogP contribution >= 0.6 is 0 Å². The van der Waals surface area contributed by atoms with Gasteiger partial charge in [-0.25, -0.2) is 4.98 Å². The van der Waals surface area contributed by atoms with Crippen LogP contribution in [0.2, 0.25) is 0 Å². The molecule has 1 N–H and O–H groups in total. The van der Waals surface area contributed by atoms with Crippen molar-refractivity contribution in [1.29, 1.82) is 5.26 Å². The van der Waals surface area contributed by atoms with Crippen LogP contribution in [0.4, 0.5) is 0 Å². The molecule has 2 heterocycles. The quantitative estimate of drug-likeness (QED) is 0.518. The number of nitrogens with one attached hydrogen (secondary N) is 1. The van der Waals surface area contributed by atoms with Crippen LogP contribution < -0.4 is 5.32 Å². The van der Waals surface area contributed by atoms with Gasteiger partial charge in [-0.15, -0.1) is 10.2 Å². The van der Waals surface area contributed by atoms with Gasteiger partial charge >= 0.3 is 5.97 Å². The van der Waals surface area contributed by atoms with E-state index in [4.69, 9.17) is 10.00 Å². The number of pyridine rings is 1. The lowest BCUT2D eigenvalue weighted by atomic mass is 9.82. The van der Waals surface area contributed by atoms with E-state index in [1.165, 1.54) is 7.11 Å². The molecule has 1 saturated carbocycles. The van der Waals surface area contributed by atoms with E-state index in [-0.39, 0.29) is 30.0 Å². The maximum atomic E-state index is 12.7. The monoisotopic (exact) mass is 473 g/mol. The number of carbonyl (C=O) groups is 2. The Morgan fingerprint density at radius 3 is 2.74 bits per heavy atom. The van der Waals surface area contributed by atoms with Crippen LogP contribution in [0.5, 0.6) is 0 Å². The SMILES string of the molecule is COC(=O)[C@H]1CC[C@H](Cn2nnc(-c3cc(C)nc(C(=O)NCc4cccc(C#N)c4)c3)n2)CC1. The van der Waals surface area contributed by atoms with Gasteiger partial charge in [0.15, 0.2) is 0 Å². The number of esters is 1. The van der Waals surface area contributed by atoms with Gasteiger partial charge in [0.25, 0.3) is 5.91 Å². The van der Waals surface area contributed by atoms with Gasteiger partial charge in [-0.05, 0) is 73.6 Å². The lowest BCUT2D eigenvalue weighted by Crippen LogP contribution is -2.25. The van der Waals surface area contributed by atoms with Gasteiger partial charge in [-0.3, -0.25) is 9.59 Å². The van der Waals surface area contributed by atoms with Gasteiger partial charge in [0.2, 0.25) is 5.82 Å². The molecule has 1 amide bonds. The van der Waals surface area contributed by atoms with E-state index < -0.39 is 0 Å². The molecule has 0 saturated heterocycles. The summed E-state index contributed by atoms with van der Waals surface area (Å²) >= 11 is 0. The topological polar surface area (TPSA) is 136 Å². The summed E-state index contributed by atoms with van der Waals surface area (Å²) < 4.78 is 4.85. The average molecular weight is 474 g/mol. The summed E-state index contributed by atoms with van der Waals surface area (Å²) in [4.78, 5) is 30.4. The first kappa shape index (κ1) is 24.0. The second-order valence-electron chi connectivity index (χ2n) is 8.79. The molecule has 180 valence electrons. The average Bonchev–Trinajstić information content (AvgIpc) is 3.35. The van der Waals surface area contributed by atoms with Crippen LogP contribution in [0.25, 0.3) is 11.4 Å². The first-order valence-electron chi connectivity index (χ1n) is 11.6. The third-order valence-corrected chi connectivity index (χ3v) is 6.21. The second-order valence-corrected chi connectivity index (χ2v) is 8.79. The van der Waals surface area contributed by atoms with Crippen LogP contribution in [-0.4, -0.2) is 44.2 Å². The molecule has 3 aromatic rings. The minimum Gasteiger partial charge on any atom is -0.469 e. The zero-order valence-corrected chi connectivity index (χ0v) is 19.8. The van der Waals surface area contributed by atoms with Gasteiger partial charge in [0.05, 0.1) is 31.2 Å². The standard InChI is InChI=1S/C25H27N7O3/c1-16-10-21(12-22(28-16)24(33)27-14-19-5-3-4-18(11-19)13-26)23-29-31-32(30-23)15-17-6-8-20(9-7-17)25(34)35-2/h3-5,10-12,17,20H,6-9,14-15H2,1-2H3,(H,27,33)/t17-,20-. The maximum absolute atomic E-state index is 12.7. The molecule has 1 aliphatic carbocycles. The minimum atomic E-state index is -0.327. The van der Waals surface area contributed by atoms with Crippen molar-refractivity contribution < 1.29 is 14.3 Å². The maximum Gasteiger partial charge on any atom is 0.308 e. The molecule has 1 aromatic carbocycles. The summed E-state index contributed by atoms with van der Waals surface area (Å²) in [6, 6.07) is 12.6.